The van der Waals surface area contributed by atoms with Crippen LogP contribution in [0.3, 0.4) is 0 Å². The van der Waals surface area contributed by atoms with Crippen molar-refractivity contribution < 1.29 is 8.95 Å². The van der Waals surface area contributed by atoms with Gasteiger partial charge in [-0.1, -0.05) is 103 Å². The second-order valence-electron chi connectivity index (χ2n) is 13.9. The average molecular weight is 779 g/mol. The van der Waals surface area contributed by atoms with Gasteiger partial charge in [-0.3, -0.25) is 0 Å². The Bertz CT molecular complexity index is 2650. The standard InChI is InChI=1S/C51H42N2O2S2/c1-38-13-33-50(34-14-38)57(54,56)51-35-17-40(18-36-51)37-39-15-23-45(24-16-39)52(43-9-5-3-6-10-43)46-25-19-41(20-26-46)42-21-27-47(28-22-42)53(44-11-7-4-8-12-44)48-29-31-49(55-2)32-30-48/h3-36H,37H2,1-2H3. The van der Waals surface area contributed by atoms with Crippen LogP contribution in [0.1, 0.15) is 16.7 Å². The van der Waals surface area contributed by atoms with E-state index in [4.69, 9.17) is 15.9 Å². The van der Waals surface area contributed by atoms with E-state index in [-0.39, 0.29) is 0 Å². The molecule has 1 unspecified atom stereocenters. The zero-order chi connectivity index (χ0) is 39.2. The van der Waals surface area contributed by atoms with Gasteiger partial charge in [0.15, 0.2) is 0 Å². The minimum absolute atomic E-state index is 0.668. The number of ether oxygens (including phenoxy) is 1. The zero-order valence-electron chi connectivity index (χ0n) is 31.9. The molecular formula is C51H42N2O2S2. The predicted molar refractivity (Wildman–Crippen MR) is 240 cm³/mol. The SMILES string of the molecule is COc1ccc(N(c2ccccc2)c2ccc(-c3ccc(N(c4ccccc4)c4ccc(Cc5ccc(S(=O)(=S)c6ccc(C)cc6)cc5)cc4)cc3)cc2)cc1. The van der Waals surface area contributed by atoms with Crippen molar-refractivity contribution in [3.8, 4) is 16.9 Å². The largest absolute Gasteiger partial charge is 0.497 e. The van der Waals surface area contributed by atoms with Gasteiger partial charge in [-0.05, 0) is 156 Å². The maximum atomic E-state index is 13.5. The van der Waals surface area contributed by atoms with Gasteiger partial charge < -0.3 is 14.5 Å². The maximum absolute atomic E-state index is 13.5. The molecule has 0 bridgehead atoms. The van der Waals surface area contributed by atoms with Gasteiger partial charge in [0.25, 0.3) is 0 Å². The molecule has 4 nitrogen and oxygen atoms in total. The molecule has 0 saturated carbocycles. The lowest BCUT2D eigenvalue weighted by atomic mass is 10.0. The quantitative estimate of drug-likeness (QED) is 0.123. The summed E-state index contributed by atoms with van der Waals surface area (Å²) in [4.78, 5) is 5.87. The number of methoxy groups -OCH3 is 1. The Labute approximate surface area is 341 Å². The first-order valence-corrected chi connectivity index (χ1v) is 21.4. The molecule has 8 rings (SSSR count). The van der Waals surface area contributed by atoms with E-state index in [1.807, 2.05) is 79.7 Å². The molecule has 0 radical (unpaired) electrons. The lowest BCUT2D eigenvalue weighted by Gasteiger charge is -2.26. The molecule has 0 heterocycles. The molecule has 0 spiro atoms. The molecule has 0 amide bonds. The molecule has 0 fully saturated rings. The van der Waals surface area contributed by atoms with Crippen molar-refractivity contribution in [2.24, 2.45) is 0 Å². The van der Waals surface area contributed by atoms with E-state index < -0.39 is 8.49 Å². The summed E-state index contributed by atoms with van der Waals surface area (Å²) in [6.07, 6.45) is 0.756. The Hall–Kier alpha value is -6.47. The molecule has 8 aromatic carbocycles. The van der Waals surface area contributed by atoms with Crippen LogP contribution in [0.4, 0.5) is 34.1 Å². The molecule has 280 valence electrons. The number of anilines is 6. The summed E-state index contributed by atoms with van der Waals surface area (Å²) in [7, 11) is -1.05. The van der Waals surface area contributed by atoms with E-state index in [1.165, 1.54) is 5.56 Å². The fraction of sp³-hybridized carbons (Fsp3) is 0.0588. The predicted octanol–water partition coefficient (Wildman–Crippen LogP) is 13.4. The van der Waals surface area contributed by atoms with Crippen LogP contribution >= 0.6 is 0 Å². The van der Waals surface area contributed by atoms with Gasteiger partial charge >= 0.3 is 0 Å². The first-order valence-electron chi connectivity index (χ1n) is 18.9. The molecule has 0 aliphatic rings. The van der Waals surface area contributed by atoms with Gasteiger partial charge in [0, 0.05) is 43.9 Å². The van der Waals surface area contributed by atoms with Gasteiger partial charge in [-0.2, -0.15) is 0 Å². The molecule has 0 N–H and O–H groups in total. The molecule has 0 aromatic heterocycles. The van der Waals surface area contributed by atoms with E-state index in [1.54, 1.807) is 7.11 Å². The van der Waals surface area contributed by atoms with Crippen molar-refractivity contribution in [3.05, 3.63) is 223 Å². The number of benzene rings is 8. The zero-order valence-corrected chi connectivity index (χ0v) is 33.5. The third kappa shape index (κ3) is 8.38. The molecule has 0 aliphatic carbocycles. The van der Waals surface area contributed by atoms with Crippen LogP contribution in [-0.2, 0) is 26.1 Å². The minimum atomic E-state index is -2.74. The first kappa shape index (κ1) is 37.5. The number of rotatable bonds is 12. The average Bonchev–Trinajstić information content (AvgIpc) is 3.26. The minimum Gasteiger partial charge on any atom is -0.497 e. The summed E-state index contributed by atoms with van der Waals surface area (Å²) in [6, 6.07) is 70.8. The van der Waals surface area contributed by atoms with Crippen LogP contribution in [0.15, 0.2) is 216 Å². The summed E-state index contributed by atoms with van der Waals surface area (Å²) in [5.41, 5.74) is 12.2. The second-order valence-corrected chi connectivity index (χ2v) is 17.3. The monoisotopic (exact) mass is 778 g/mol. The number of hydrogen-bond donors (Lipinski definition) is 0. The van der Waals surface area contributed by atoms with Crippen LogP contribution in [0.25, 0.3) is 11.1 Å². The highest BCUT2D eigenvalue weighted by Gasteiger charge is 2.16. The Morgan fingerprint density at radius 3 is 1.18 bits per heavy atom. The number of hydrogen-bond acceptors (Lipinski definition) is 5. The van der Waals surface area contributed by atoms with Crippen LogP contribution in [-0.4, -0.2) is 11.3 Å². The van der Waals surface area contributed by atoms with Crippen molar-refractivity contribution >= 4 is 53.8 Å². The summed E-state index contributed by atoms with van der Waals surface area (Å²) >= 11 is 5.61. The third-order valence-corrected chi connectivity index (χ3v) is 13.1. The normalized spacial score (nSPS) is 12.0. The number of nitrogens with zero attached hydrogens (tertiary/aromatic N) is 2. The smallest absolute Gasteiger partial charge is 0.119 e. The highest BCUT2D eigenvalue weighted by atomic mass is 32.8. The molecule has 8 aromatic rings. The van der Waals surface area contributed by atoms with Crippen molar-refractivity contribution in [2.45, 2.75) is 23.1 Å². The molecule has 6 heteroatoms. The fourth-order valence-corrected chi connectivity index (χ4v) is 8.95. The Balaban J connectivity index is 1.01. The van der Waals surface area contributed by atoms with Gasteiger partial charge in [-0.25, -0.2) is 4.21 Å². The Kier molecular flexibility index (Phi) is 11.0. The Morgan fingerprint density at radius 2 is 0.772 bits per heavy atom. The summed E-state index contributed by atoms with van der Waals surface area (Å²) in [6.45, 7) is 2.01. The van der Waals surface area contributed by atoms with Crippen molar-refractivity contribution in [1.82, 2.24) is 0 Å². The topological polar surface area (TPSA) is 32.8 Å². The lowest BCUT2D eigenvalue weighted by molar-refractivity contribution is 0.415. The molecule has 1 atom stereocenters. The summed E-state index contributed by atoms with van der Waals surface area (Å²) in [5, 5.41) is 0. The molecule has 0 aliphatic heterocycles. The fourth-order valence-electron chi connectivity index (χ4n) is 7.02. The Morgan fingerprint density at radius 1 is 0.439 bits per heavy atom. The van der Waals surface area contributed by atoms with Crippen LogP contribution in [0.2, 0.25) is 0 Å². The van der Waals surface area contributed by atoms with Crippen molar-refractivity contribution in [2.75, 3.05) is 16.9 Å². The van der Waals surface area contributed by atoms with Crippen LogP contribution in [0.5, 0.6) is 5.75 Å². The van der Waals surface area contributed by atoms with Crippen LogP contribution < -0.4 is 14.5 Å². The highest BCUT2D eigenvalue weighted by molar-refractivity contribution is 8.33. The van der Waals surface area contributed by atoms with E-state index in [0.29, 0.717) is 9.79 Å². The van der Waals surface area contributed by atoms with E-state index in [9.17, 15) is 4.21 Å². The molecule has 0 saturated heterocycles. The van der Waals surface area contributed by atoms with Gasteiger partial charge in [-0.15, -0.1) is 0 Å². The summed E-state index contributed by atoms with van der Waals surface area (Å²) < 4.78 is 19.0. The van der Waals surface area contributed by atoms with E-state index in [0.717, 1.165) is 68.5 Å². The number of aryl methyl sites for hydroxylation is 1. The van der Waals surface area contributed by atoms with Crippen LogP contribution in [0, 0.1) is 6.92 Å². The third-order valence-electron chi connectivity index (χ3n) is 10.1. The van der Waals surface area contributed by atoms with Crippen molar-refractivity contribution in [3.63, 3.8) is 0 Å². The van der Waals surface area contributed by atoms with Crippen molar-refractivity contribution in [1.29, 1.82) is 0 Å². The lowest BCUT2D eigenvalue weighted by Crippen LogP contribution is -2.10. The maximum Gasteiger partial charge on any atom is 0.119 e. The summed E-state index contributed by atoms with van der Waals surface area (Å²) in [5.74, 6) is 0.827. The highest BCUT2D eigenvalue weighted by Crippen LogP contribution is 2.38. The van der Waals surface area contributed by atoms with E-state index >= 15 is 0 Å². The number of para-hydroxylation sites is 2. The van der Waals surface area contributed by atoms with Gasteiger partial charge in [0.2, 0.25) is 0 Å². The van der Waals surface area contributed by atoms with Gasteiger partial charge in [0.1, 0.15) is 5.75 Å². The second kappa shape index (κ2) is 16.7. The molecular weight excluding hydrogens is 737 g/mol. The van der Waals surface area contributed by atoms with Gasteiger partial charge in [0.05, 0.1) is 15.6 Å². The molecule has 57 heavy (non-hydrogen) atoms. The van der Waals surface area contributed by atoms with E-state index in [2.05, 4.69) is 143 Å². The first-order chi connectivity index (χ1) is 27.9.